The lowest BCUT2D eigenvalue weighted by molar-refractivity contribution is -0.166. The third-order valence-electron chi connectivity index (χ3n) is 2.95. The molecule has 3 atom stereocenters. The Morgan fingerprint density at radius 2 is 2.50 bits per heavy atom. The number of aliphatic hydroxyl groups is 1. The van der Waals surface area contributed by atoms with Gasteiger partial charge in [0.05, 0.1) is 7.11 Å². The number of fused-ring (bicyclic) bond motifs is 2. The largest absolute Gasteiger partial charge is 0.467 e. The van der Waals surface area contributed by atoms with Crippen molar-refractivity contribution in [3.05, 3.63) is 0 Å². The highest BCUT2D eigenvalue weighted by atomic mass is 16.5. The van der Waals surface area contributed by atoms with Crippen molar-refractivity contribution in [2.45, 2.75) is 12.0 Å². The Bertz CT molecular complexity index is 218. The molecule has 2 bridgehead atoms. The predicted molar refractivity (Wildman–Crippen MR) is 41.5 cm³/mol. The molecule has 0 amide bonds. The van der Waals surface area contributed by atoms with Gasteiger partial charge in [0.2, 0.25) is 0 Å². The minimum atomic E-state index is -1.22. The average Bonchev–Trinajstić information content (AvgIpc) is 2.62. The van der Waals surface area contributed by atoms with Gasteiger partial charge in [-0.15, -0.1) is 0 Å². The van der Waals surface area contributed by atoms with Gasteiger partial charge in [0, 0.05) is 19.0 Å². The Balaban J connectivity index is 2.17. The molecule has 0 spiro atoms. The van der Waals surface area contributed by atoms with Crippen molar-refractivity contribution in [3.63, 3.8) is 0 Å². The molecule has 1 N–H and O–H groups in total. The lowest BCUT2D eigenvalue weighted by Gasteiger charge is -2.28. The minimum absolute atomic E-state index is 0.0879. The SMILES string of the molecule is COC(=O)[C@]1(O)CN2CC[C@H]1C2. The summed E-state index contributed by atoms with van der Waals surface area (Å²) < 4.78 is 4.57. The average molecular weight is 171 g/mol. The van der Waals surface area contributed by atoms with Gasteiger partial charge in [0.1, 0.15) is 0 Å². The molecule has 2 heterocycles. The van der Waals surface area contributed by atoms with Crippen molar-refractivity contribution in [2.75, 3.05) is 26.7 Å². The smallest absolute Gasteiger partial charge is 0.339 e. The molecule has 4 heteroatoms. The molecule has 4 nitrogen and oxygen atoms in total. The Hall–Kier alpha value is -0.610. The van der Waals surface area contributed by atoms with Crippen LogP contribution in [0.15, 0.2) is 0 Å². The molecule has 2 saturated heterocycles. The molecule has 1 unspecified atom stereocenters. The second kappa shape index (κ2) is 2.44. The fourth-order valence-corrected chi connectivity index (χ4v) is 2.24. The number of hydrogen-bond donors (Lipinski definition) is 1. The van der Waals surface area contributed by atoms with Crippen molar-refractivity contribution >= 4 is 5.97 Å². The summed E-state index contributed by atoms with van der Waals surface area (Å²) in [7, 11) is 1.32. The van der Waals surface area contributed by atoms with Gasteiger partial charge in [0.25, 0.3) is 0 Å². The molecule has 68 valence electrons. The molecule has 2 rings (SSSR count). The van der Waals surface area contributed by atoms with E-state index < -0.39 is 11.6 Å². The summed E-state index contributed by atoms with van der Waals surface area (Å²) in [5.41, 5.74) is -1.22. The van der Waals surface area contributed by atoms with E-state index in [2.05, 4.69) is 9.64 Å². The Morgan fingerprint density at radius 3 is 2.92 bits per heavy atom. The first-order chi connectivity index (χ1) is 5.66. The zero-order chi connectivity index (χ0) is 8.77. The number of ether oxygens (including phenoxy) is 1. The van der Waals surface area contributed by atoms with Gasteiger partial charge in [-0.2, -0.15) is 0 Å². The van der Waals surface area contributed by atoms with Crippen LogP contribution in [0.25, 0.3) is 0 Å². The Morgan fingerprint density at radius 1 is 1.75 bits per heavy atom. The summed E-state index contributed by atoms with van der Waals surface area (Å²) in [6.07, 6.45) is 0.908. The monoisotopic (exact) mass is 171 g/mol. The molecular weight excluding hydrogens is 158 g/mol. The van der Waals surface area contributed by atoms with Gasteiger partial charge >= 0.3 is 5.97 Å². The zero-order valence-electron chi connectivity index (χ0n) is 7.12. The van der Waals surface area contributed by atoms with E-state index in [4.69, 9.17) is 0 Å². The number of methoxy groups -OCH3 is 1. The number of piperidine rings is 1. The zero-order valence-corrected chi connectivity index (χ0v) is 7.12. The summed E-state index contributed by atoms with van der Waals surface area (Å²) in [6, 6.07) is 0. The highest BCUT2D eigenvalue weighted by Gasteiger charge is 2.54. The van der Waals surface area contributed by atoms with Crippen LogP contribution in [0.2, 0.25) is 0 Å². The number of nitrogens with zero attached hydrogens (tertiary/aromatic N) is 1. The van der Waals surface area contributed by atoms with E-state index in [0.29, 0.717) is 6.54 Å². The standard InChI is InChI=1S/C8H13NO3/c1-12-7(10)8(11)5-9-3-2-6(8)4-9/h6,11H,2-5H2,1H3/t6-,8-/m0/s1. The molecule has 0 aromatic rings. The van der Waals surface area contributed by atoms with Crippen LogP contribution < -0.4 is 0 Å². The first kappa shape index (κ1) is 8.01. The molecule has 2 aliphatic rings. The lowest BCUT2D eigenvalue weighted by atomic mass is 9.88. The van der Waals surface area contributed by atoms with Crippen LogP contribution >= 0.6 is 0 Å². The molecule has 0 radical (unpaired) electrons. The quantitative estimate of drug-likeness (QED) is 0.526. The summed E-state index contributed by atoms with van der Waals surface area (Å²) in [4.78, 5) is 13.3. The highest BCUT2D eigenvalue weighted by Crippen LogP contribution is 2.36. The second-order valence-electron chi connectivity index (χ2n) is 3.64. The Kier molecular flexibility index (Phi) is 1.63. The molecule has 2 fully saturated rings. The Labute approximate surface area is 71.1 Å². The number of rotatable bonds is 1. The van der Waals surface area contributed by atoms with E-state index in [0.717, 1.165) is 19.5 Å². The van der Waals surface area contributed by atoms with Gasteiger partial charge in [-0.05, 0) is 13.0 Å². The van der Waals surface area contributed by atoms with E-state index in [1.165, 1.54) is 7.11 Å². The van der Waals surface area contributed by atoms with Crippen LogP contribution in [0.3, 0.4) is 0 Å². The number of carbonyl (C=O) groups is 1. The van der Waals surface area contributed by atoms with Crippen molar-refractivity contribution in [1.29, 1.82) is 0 Å². The van der Waals surface area contributed by atoms with Crippen molar-refractivity contribution in [1.82, 2.24) is 4.90 Å². The second-order valence-corrected chi connectivity index (χ2v) is 3.64. The van der Waals surface area contributed by atoms with Gasteiger partial charge in [-0.1, -0.05) is 0 Å². The van der Waals surface area contributed by atoms with Gasteiger partial charge < -0.3 is 9.84 Å². The molecule has 0 aromatic heterocycles. The fraction of sp³-hybridized carbons (Fsp3) is 0.875. The van der Waals surface area contributed by atoms with Crippen molar-refractivity contribution in [2.24, 2.45) is 5.92 Å². The molecular formula is C8H13NO3. The first-order valence-electron chi connectivity index (χ1n) is 4.20. The third-order valence-corrected chi connectivity index (χ3v) is 2.95. The van der Waals surface area contributed by atoms with E-state index in [9.17, 15) is 9.90 Å². The normalized spacial score (nSPS) is 44.8. The van der Waals surface area contributed by atoms with E-state index in [1.54, 1.807) is 0 Å². The molecule has 12 heavy (non-hydrogen) atoms. The first-order valence-corrected chi connectivity index (χ1v) is 4.20. The van der Waals surface area contributed by atoms with E-state index in [-0.39, 0.29) is 5.92 Å². The maximum Gasteiger partial charge on any atom is 0.339 e. The number of carbonyl (C=O) groups excluding carboxylic acids is 1. The maximum atomic E-state index is 11.2. The summed E-state index contributed by atoms with van der Waals surface area (Å²) in [6.45, 7) is 2.29. The summed E-state index contributed by atoms with van der Waals surface area (Å²) in [5.74, 6) is -0.389. The van der Waals surface area contributed by atoms with Crippen LogP contribution in [0.4, 0.5) is 0 Å². The lowest BCUT2D eigenvalue weighted by Crippen LogP contribution is -2.49. The van der Waals surface area contributed by atoms with Gasteiger partial charge in [-0.3, -0.25) is 4.90 Å². The van der Waals surface area contributed by atoms with Crippen molar-refractivity contribution < 1.29 is 14.6 Å². The van der Waals surface area contributed by atoms with Crippen LogP contribution in [0.5, 0.6) is 0 Å². The van der Waals surface area contributed by atoms with Crippen LogP contribution in [0.1, 0.15) is 6.42 Å². The molecule has 0 aromatic carbocycles. The molecule has 2 aliphatic heterocycles. The summed E-state index contributed by atoms with van der Waals surface area (Å²) >= 11 is 0. The number of hydrogen-bond acceptors (Lipinski definition) is 4. The van der Waals surface area contributed by atoms with Crippen molar-refractivity contribution in [3.8, 4) is 0 Å². The minimum Gasteiger partial charge on any atom is -0.467 e. The maximum absolute atomic E-state index is 11.2. The molecule has 0 saturated carbocycles. The third kappa shape index (κ3) is 0.881. The molecule has 0 aliphatic carbocycles. The topological polar surface area (TPSA) is 49.8 Å². The highest BCUT2D eigenvalue weighted by molar-refractivity contribution is 5.80. The van der Waals surface area contributed by atoms with Gasteiger partial charge in [-0.25, -0.2) is 4.79 Å². The van der Waals surface area contributed by atoms with Crippen LogP contribution in [0, 0.1) is 5.92 Å². The van der Waals surface area contributed by atoms with E-state index >= 15 is 0 Å². The fourth-order valence-electron chi connectivity index (χ4n) is 2.24. The van der Waals surface area contributed by atoms with Crippen LogP contribution in [-0.4, -0.2) is 48.3 Å². The predicted octanol–water partition coefficient (Wildman–Crippen LogP) is -0.774. The van der Waals surface area contributed by atoms with E-state index in [1.807, 2.05) is 0 Å². The van der Waals surface area contributed by atoms with Gasteiger partial charge in [0.15, 0.2) is 5.60 Å². The summed E-state index contributed by atoms with van der Waals surface area (Å²) in [5, 5.41) is 9.93. The number of esters is 1. The van der Waals surface area contributed by atoms with Crippen LogP contribution in [-0.2, 0) is 9.53 Å².